The molecule has 5 heteroatoms. The summed E-state index contributed by atoms with van der Waals surface area (Å²) in [6.07, 6.45) is 5.43. The molecule has 1 aromatic heterocycles. The molecule has 0 saturated heterocycles. The topological polar surface area (TPSA) is 52.6 Å². The second-order valence-corrected chi connectivity index (χ2v) is 7.40. The third-order valence-corrected chi connectivity index (χ3v) is 5.60. The normalized spacial score (nSPS) is 13.1. The van der Waals surface area contributed by atoms with E-state index in [-0.39, 0.29) is 0 Å². The zero-order chi connectivity index (χ0) is 20.2. The van der Waals surface area contributed by atoms with E-state index in [2.05, 4.69) is 29.6 Å². The highest BCUT2D eigenvalue weighted by Crippen LogP contribution is 2.35. The molecule has 0 atom stereocenters. The quantitative estimate of drug-likeness (QED) is 0.626. The molecule has 0 bridgehead atoms. The van der Waals surface area contributed by atoms with Gasteiger partial charge in [0.1, 0.15) is 17.2 Å². The number of aromatic nitrogens is 1. The molecule has 0 radical (unpaired) electrons. The lowest BCUT2D eigenvalue weighted by Crippen LogP contribution is -2.13. The summed E-state index contributed by atoms with van der Waals surface area (Å²) < 4.78 is 16.3. The van der Waals surface area contributed by atoms with E-state index in [9.17, 15) is 0 Å². The number of ether oxygens (including phenoxy) is 3. The lowest BCUT2D eigenvalue weighted by Gasteiger charge is -2.22. The molecule has 0 fully saturated rings. The number of nitrogens with zero attached hydrogens (tertiary/aromatic N) is 1. The Hall–Kier alpha value is -2.95. The fourth-order valence-corrected chi connectivity index (χ4v) is 4.07. The monoisotopic (exact) mass is 392 g/mol. The molecule has 0 aliphatic heterocycles. The van der Waals surface area contributed by atoms with Crippen LogP contribution < -0.4 is 19.5 Å². The Bertz CT molecular complexity index is 994. The predicted molar refractivity (Wildman–Crippen MR) is 117 cm³/mol. The van der Waals surface area contributed by atoms with E-state index < -0.39 is 0 Å². The van der Waals surface area contributed by atoms with Crippen molar-refractivity contribution in [3.63, 3.8) is 0 Å². The van der Waals surface area contributed by atoms with Crippen LogP contribution in [0.1, 0.15) is 29.7 Å². The molecule has 0 unspecified atom stereocenters. The van der Waals surface area contributed by atoms with Gasteiger partial charge >= 0.3 is 0 Å². The highest BCUT2D eigenvalue weighted by atomic mass is 16.5. The summed E-state index contributed by atoms with van der Waals surface area (Å²) in [4.78, 5) is 4.93. The molecular weight excluding hydrogens is 364 g/mol. The van der Waals surface area contributed by atoms with Crippen molar-refractivity contribution in [3.05, 3.63) is 53.2 Å². The lowest BCUT2D eigenvalue weighted by molar-refractivity contribution is 0.393. The lowest BCUT2D eigenvalue weighted by atomic mass is 9.92. The van der Waals surface area contributed by atoms with Gasteiger partial charge in [0.05, 0.1) is 26.8 Å². The van der Waals surface area contributed by atoms with Crippen LogP contribution in [-0.2, 0) is 19.3 Å². The van der Waals surface area contributed by atoms with Crippen molar-refractivity contribution in [2.24, 2.45) is 0 Å². The van der Waals surface area contributed by atoms with Gasteiger partial charge in [0.2, 0.25) is 0 Å². The van der Waals surface area contributed by atoms with E-state index >= 15 is 0 Å². The Labute approximate surface area is 172 Å². The third-order valence-electron chi connectivity index (χ3n) is 5.60. The smallest absolute Gasteiger partial charge is 0.122 e. The van der Waals surface area contributed by atoms with Crippen LogP contribution in [0.4, 0.5) is 5.69 Å². The molecule has 29 heavy (non-hydrogen) atoms. The Morgan fingerprint density at radius 3 is 2.31 bits per heavy atom. The van der Waals surface area contributed by atoms with Gasteiger partial charge in [-0.1, -0.05) is 0 Å². The van der Waals surface area contributed by atoms with E-state index in [1.54, 1.807) is 21.3 Å². The average molecular weight is 392 g/mol. The van der Waals surface area contributed by atoms with Crippen molar-refractivity contribution >= 4 is 16.6 Å². The number of benzene rings is 2. The second kappa shape index (κ2) is 8.60. The fourth-order valence-electron chi connectivity index (χ4n) is 4.07. The highest BCUT2D eigenvalue weighted by molar-refractivity contribution is 5.94. The van der Waals surface area contributed by atoms with Crippen molar-refractivity contribution in [2.45, 2.75) is 32.1 Å². The highest BCUT2D eigenvalue weighted by Gasteiger charge is 2.18. The zero-order valence-corrected chi connectivity index (χ0v) is 17.4. The third kappa shape index (κ3) is 4.09. The number of aryl methyl sites for hydroxylation is 1. The molecule has 0 spiro atoms. The summed E-state index contributed by atoms with van der Waals surface area (Å²) in [5.41, 5.74) is 6.01. The first-order chi connectivity index (χ1) is 14.2. The summed E-state index contributed by atoms with van der Waals surface area (Å²) >= 11 is 0. The van der Waals surface area contributed by atoms with Gasteiger partial charge in [-0.05, 0) is 73.6 Å². The van der Waals surface area contributed by atoms with Gasteiger partial charge in [0.25, 0.3) is 0 Å². The molecule has 3 aromatic rings. The van der Waals surface area contributed by atoms with Gasteiger partial charge in [-0.15, -0.1) is 0 Å². The fraction of sp³-hybridized carbons (Fsp3) is 0.375. The van der Waals surface area contributed by atoms with E-state index in [4.69, 9.17) is 19.2 Å². The Balaban J connectivity index is 1.63. The standard InChI is InChI=1S/C24H28N2O3/c1-27-17-8-9-23-21(15-17)24(20-6-4-5-7-22(20)26-23)25-11-10-16-12-18(28-2)14-19(13-16)29-3/h8-9,12-15H,4-7,10-11H2,1-3H3,(H,25,26). The molecule has 1 aliphatic carbocycles. The maximum absolute atomic E-state index is 5.46. The van der Waals surface area contributed by atoms with Crippen LogP contribution in [0, 0.1) is 0 Å². The summed E-state index contributed by atoms with van der Waals surface area (Å²) in [7, 11) is 5.06. The number of hydrogen-bond acceptors (Lipinski definition) is 5. The van der Waals surface area contributed by atoms with Crippen LogP contribution >= 0.6 is 0 Å². The summed E-state index contributed by atoms with van der Waals surface area (Å²) in [5.74, 6) is 2.49. The maximum Gasteiger partial charge on any atom is 0.122 e. The second-order valence-electron chi connectivity index (χ2n) is 7.40. The van der Waals surface area contributed by atoms with E-state index in [0.29, 0.717) is 0 Å². The van der Waals surface area contributed by atoms with Gasteiger partial charge in [-0.25, -0.2) is 0 Å². The molecule has 2 aromatic carbocycles. The first-order valence-electron chi connectivity index (χ1n) is 10.2. The van der Waals surface area contributed by atoms with E-state index in [0.717, 1.165) is 54.0 Å². The molecule has 1 N–H and O–H groups in total. The van der Waals surface area contributed by atoms with Gasteiger partial charge < -0.3 is 19.5 Å². The van der Waals surface area contributed by atoms with Gasteiger partial charge in [-0.3, -0.25) is 4.98 Å². The van der Waals surface area contributed by atoms with Crippen molar-refractivity contribution in [1.29, 1.82) is 0 Å². The van der Waals surface area contributed by atoms with Crippen molar-refractivity contribution in [3.8, 4) is 17.2 Å². The van der Waals surface area contributed by atoms with Crippen molar-refractivity contribution in [2.75, 3.05) is 33.2 Å². The number of anilines is 1. The molecule has 1 aliphatic rings. The summed E-state index contributed by atoms with van der Waals surface area (Å²) in [6.45, 7) is 0.819. The average Bonchev–Trinajstić information content (AvgIpc) is 2.78. The molecule has 5 nitrogen and oxygen atoms in total. The van der Waals surface area contributed by atoms with Crippen LogP contribution in [-0.4, -0.2) is 32.9 Å². The van der Waals surface area contributed by atoms with Gasteiger partial charge in [0, 0.05) is 29.4 Å². The Morgan fingerprint density at radius 2 is 1.59 bits per heavy atom. The van der Waals surface area contributed by atoms with Crippen molar-refractivity contribution in [1.82, 2.24) is 4.98 Å². The van der Waals surface area contributed by atoms with Crippen LogP contribution in [0.3, 0.4) is 0 Å². The number of methoxy groups -OCH3 is 3. The SMILES string of the molecule is COc1cc(CCNc2c3c(nc4ccc(OC)cc24)CCCC3)cc(OC)c1. The predicted octanol–water partition coefficient (Wildman–Crippen LogP) is 4.79. The number of rotatable bonds is 7. The molecular formula is C24H28N2O3. The molecule has 0 saturated carbocycles. The molecule has 4 rings (SSSR count). The van der Waals surface area contributed by atoms with Crippen LogP contribution in [0.15, 0.2) is 36.4 Å². The number of fused-ring (bicyclic) bond motifs is 2. The minimum atomic E-state index is 0.816. The van der Waals surface area contributed by atoms with Gasteiger partial charge in [0.15, 0.2) is 0 Å². The van der Waals surface area contributed by atoms with Crippen LogP contribution in [0.5, 0.6) is 17.2 Å². The number of hydrogen-bond donors (Lipinski definition) is 1. The van der Waals surface area contributed by atoms with Crippen LogP contribution in [0.25, 0.3) is 10.9 Å². The van der Waals surface area contributed by atoms with Crippen LogP contribution in [0.2, 0.25) is 0 Å². The number of nitrogens with one attached hydrogen (secondary N) is 1. The Kier molecular flexibility index (Phi) is 5.74. The molecule has 0 amide bonds. The first kappa shape index (κ1) is 19.4. The van der Waals surface area contributed by atoms with E-state index in [1.807, 2.05) is 12.1 Å². The first-order valence-corrected chi connectivity index (χ1v) is 10.2. The van der Waals surface area contributed by atoms with Gasteiger partial charge in [-0.2, -0.15) is 0 Å². The minimum absolute atomic E-state index is 0.816. The number of pyridine rings is 1. The minimum Gasteiger partial charge on any atom is -0.497 e. The summed E-state index contributed by atoms with van der Waals surface area (Å²) in [5, 5.41) is 4.85. The largest absolute Gasteiger partial charge is 0.497 e. The summed E-state index contributed by atoms with van der Waals surface area (Å²) in [6, 6.07) is 12.2. The van der Waals surface area contributed by atoms with E-state index in [1.165, 1.54) is 35.3 Å². The maximum atomic E-state index is 5.46. The Morgan fingerprint density at radius 1 is 0.862 bits per heavy atom. The zero-order valence-electron chi connectivity index (χ0n) is 17.4. The van der Waals surface area contributed by atoms with Crippen molar-refractivity contribution < 1.29 is 14.2 Å². The molecule has 1 heterocycles. The molecule has 152 valence electrons.